The van der Waals surface area contributed by atoms with E-state index in [1.165, 1.54) is 6.42 Å². The first-order chi connectivity index (χ1) is 7.51. The molecule has 2 fully saturated rings. The molecule has 5 unspecified atom stereocenters. The highest BCUT2D eigenvalue weighted by Gasteiger charge is 2.44. The van der Waals surface area contributed by atoms with Crippen LogP contribution in [0.3, 0.4) is 0 Å². The molecule has 2 aliphatic rings. The highest BCUT2D eigenvalue weighted by molar-refractivity contribution is 4.96. The van der Waals surface area contributed by atoms with Crippen LogP contribution in [0.5, 0.6) is 0 Å². The largest absolute Gasteiger partial charge is 0.328 e. The third kappa shape index (κ3) is 2.42. The zero-order valence-electron chi connectivity index (χ0n) is 10.7. The van der Waals surface area contributed by atoms with Crippen molar-refractivity contribution in [3.05, 3.63) is 0 Å². The second-order valence-corrected chi connectivity index (χ2v) is 6.36. The first-order valence-electron chi connectivity index (χ1n) is 6.96. The molecule has 0 bridgehead atoms. The molecule has 2 heteroatoms. The van der Waals surface area contributed by atoms with Gasteiger partial charge in [-0.15, -0.1) is 0 Å². The van der Waals surface area contributed by atoms with Gasteiger partial charge in [-0.05, 0) is 56.3 Å². The van der Waals surface area contributed by atoms with Gasteiger partial charge in [0.1, 0.15) is 5.67 Å². The Hall–Kier alpha value is -0.110. The van der Waals surface area contributed by atoms with E-state index in [9.17, 15) is 4.39 Å². The fraction of sp³-hybridized carbons (Fsp3) is 1.00. The Morgan fingerprint density at radius 1 is 1.12 bits per heavy atom. The molecule has 0 aromatic heterocycles. The van der Waals surface area contributed by atoms with Gasteiger partial charge in [-0.1, -0.05) is 20.3 Å². The molecule has 5 atom stereocenters. The highest BCUT2D eigenvalue weighted by Crippen LogP contribution is 2.46. The van der Waals surface area contributed by atoms with Crippen LogP contribution in [0.4, 0.5) is 4.39 Å². The zero-order valence-corrected chi connectivity index (χ0v) is 10.7. The maximum absolute atomic E-state index is 14.9. The number of hydrogen-bond donors (Lipinski definition) is 1. The molecule has 0 radical (unpaired) electrons. The summed E-state index contributed by atoms with van der Waals surface area (Å²) in [4.78, 5) is 0. The summed E-state index contributed by atoms with van der Waals surface area (Å²) in [6.07, 6.45) is 6.72. The Morgan fingerprint density at radius 2 is 1.88 bits per heavy atom. The third-order valence-corrected chi connectivity index (χ3v) is 5.10. The van der Waals surface area contributed by atoms with E-state index in [1.54, 1.807) is 0 Å². The van der Waals surface area contributed by atoms with E-state index < -0.39 is 5.67 Å². The maximum atomic E-state index is 14.9. The predicted molar refractivity (Wildman–Crippen MR) is 66.0 cm³/mol. The molecule has 2 aliphatic carbocycles. The smallest absolute Gasteiger partial charge is 0.115 e. The Labute approximate surface area is 99.0 Å². The molecule has 0 aliphatic heterocycles. The predicted octanol–water partition coefficient (Wildman–Crippen LogP) is 3.67. The lowest BCUT2D eigenvalue weighted by atomic mass is 9.65. The van der Waals surface area contributed by atoms with Gasteiger partial charge >= 0.3 is 0 Å². The number of alkyl halides is 1. The topological polar surface area (TPSA) is 26.0 Å². The van der Waals surface area contributed by atoms with Gasteiger partial charge < -0.3 is 5.73 Å². The second kappa shape index (κ2) is 4.64. The molecule has 0 amide bonds. The van der Waals surface area contributed by atoms with Crippen molar-refractivity contribution in [2.75, 3.05) is 0 Å². The van der Waals surface area contributed by atoms with Gasteiger partial charge in [0.25, 0.3) is 0 Å². The fourth-order valence-electron chi connectivity index (χ4n) is 3.69. The van der Waals surface area contributed by atoms with Crippen LogP contribution in [-0.4, -0.2) is 11.7 Å². The standard InChI is InChI=1S/C14H26FN/c1-10-5-6-12(8-11(10)2)14(15)7-3-4-13(16)9-14/h10-13H,3-9,16H2,1-2H3. The fourth-order valence-corrected chi connectivity index (χ4v) is 3.69. The highest BCUT2D eigenvalue weighted by atomic mass is 19.1. The van der Waals surface area contributed by atoms with Crippen molar-refractivity contribution in [3.8, 4) is 0 Å². The van der Waals surface area contributed by atoms with Crippen molar-refractivity contribution in [2.45, 2.75) is 70.5 Å². The molecule has 2 N–H and O–H groups in total. The summed E-state index contributed by atoms with van der Waals surface area (Å²) < 4.78 is 14.9. The maximum Gasteiger partial charge on any atom is 0.115 e. The molecule has 16 heavy (non-hydrogen) atoms. The summed E-state index contributed by atoms with van der Waals surface area (Å²) in [6.45, 7) is 4.58. The number of hydrogen-bond acceptors (Lipinski definition) is 1. The number of nitrogens with two attached hydrogens (primary N) is 1. The monoisotopic (exact) mass is 227 g/mol. The lowest BCUT2D eigenvalue weighted by Crippen LogP contribution is -2.45. The molecular formula is C14H26FN. The molecule has 2 saturated carbocycles. The van der Waals surface area contributed by atoms with E-state index >= 15 is 0 Å². The zero-order chi connectivity index (χ0) is 11.8. The lowest BCUT2D eigenvalue weighted by molar-refractivity contribution is -0.00606. The lowest BCUT2D eigenvalue weighted by Gasteiger charge is -2.44. The first kappa shape index (κ1) is 12.3. The number of halogens is 1. The van der Waals surface area contributed by atoms with Crippen molar-refractivity contribution in [1.82, 2.24) is 0 Å². The van der Waals surface area contributed by atoms with E-state index in [-0.39, 0.29) is 12.0 Å². The van der Waals surface area contributed by atoms with Crippen molar-refractivity contribution < 1.29 is 4.39 Å². The molecule has 0 aromatic carbocycles. The van der Waals surface area contributed by atoms with Gasteiger partial charge in [0.05, 0.1) is 0 Å². The van der Waals surface area contributed by atoms with E-state index in [4.69, 9.17) is 5.73 Å². The molecule has 1 nitrogen and oxygen atoms in total. The van der Waals surface area contributed by atoms with Crippen LogP contribution in [0.15, 0.2) is 0 Å². The summed E-state index contributed by atoms with van der Waals surface area (Å²) in [5.41, 5.74) is 5.00. The van der Waals surface area contributed by atoms with Crippen molar-refractivity contribution >= 4 is 0 Å². The average molecular weight is 227 g/mol. The van der Waals surface area contributed by atoms with Crippen molar-refractivity contribution in [1.29, 1.82) is 0 Å². The second-order valence-electron chi connectivity index (χ2n) is 6.36. The van der Waals surface area contributed by atoms with Crippen LogP contribution >= 0.6 is 0 Å². The summed E-state index contributed by atoms with van der Waals surface area (Å²) in [7, 11) is 0. The Bertz CT molecular complexity index is 243. The van der Waals surface area contributed by atoms with Gasteiger partial charge in [0, 0.05) is 6.04 Å². The summed E-state index contributed by atoms with van der Waals surface area (Å²) in [6, 6.07) is 0.105. The minimum absolute atomic E-state index is 0.105. The molecule has 94 valence electrons. The van der Waals surface area contributed by atoms with E-state index in [0.717, 1.165) is 38.0 Å². The Balaban J connectivity index is 2.00. The molecule has 0 heterocycles. The van der Waals surface area contributed by atoms with E-state index in [2.05, 4.69) is 13.8 Å². The van der Waals surface area contributed by atoms with E-state index in [1.807, 2.05) is 0 Å². The van der Waals surface area contributed by atoms with Crippen LogP contribution in [0, 0.1) is 17.8 Å². The van der Waals surface area contributed by atoms with Crippen molar-refractivity contribution in [2.24, 2.45) is 23.5 Å². The van der Waals surface area contributed by atoms with Crippen molar-refractivity contribution in [3.63, 3.8) is 0 Å². The van der Waals surface area contributed by atoms with Gasteiger partial charge in [0.2, 0.25) is 0 Å². The summed E-state index contributed by atoms with van der Waals surface area (Å²) in [5.74, 6) is 1.74. The van der Waals surface area contributed by atoms with Crippen LogP contribution in [-0.2, 0) is 0 Å². The minimum atomic E-state index is -0.938. The van der Waals surface area contributed by atoms with Gasteiger partial charge in [0.15, 0.2) is 0 Å². The normalized spacial score (nSPS) is 50.2. The Morgan fingerprint density at radius 3 is 2.50 bits per heavy atom. The van der Waals surface area contributed by atoms with E-state index in [0.29, 0.717) is 12.3 Å². The van der Waals surface area contributed by atoms with Gasteiger partial charge in [-0.2, -0.15) is 0 Å². The third-order valence-electron chi connectivity index (χ3n) is 5.10. The first-order valence-corrected chi connectivity index (χ1v) is 6.96. The molecule has 0 spiro atoms. The number of rotatable bonds is 1. The van der Waals surface area contributed by atoms with Crippen LogP contribution in [0.2, 0.25) is 0 Å². The summed E-state index contributed by atoms with van der Waals surface area (Å²) >= 11 is 0. The average Bonchev–Trinajstić information content (AvgIpc) is 2.21. The van der Waals surface area contributed by atoms with Gasteiger partial charge in [-0.25, -0.2) is 4.39 Å². The Kier molecular flexibility index (Phi) is 3.58. The molecule has 0 aromatic rings. The van der Waals surface area contributed by atoms with Gasteiger partial charge in [-0.3, -0.25) is 0 Å². The molecule has 2 rings (SSSR count). The van der Waals surface area contributed by atoms with Crippen LogP contribution < -0.4 is 5.73 Å². The summed E-state index contributed by atoms with van der Waals surface area (Å²) in [5, 5.41) is 0. The van der Waals surface area contributed by atoms with Crippen LogP contribution in [0.25, 0.3) is 0 Å². The SMILES string of the molecule is CC1CCC(C2(F)CCCC(N)C2)CC1C. The van der Waals surface area contributed by atoms with Crippen LogP contribution in [0.1, 0.15) is 58.8 Å². The minimum Gasteiger partial charge on any atom is -0.328 e. The molecular weight excluding hydrogens is 201 g/mol. The quantitative estimate of drug-likeness (QED) is 0.726. The molecule has 0 saturated heterocycles.